The van der Waals surface area contributed by atoms with Crippen molar-refractivity contribution in [3.8, 4) is 0 Å². The third kappa shape index (κ3) is 5.38. The average Bonchev–Trinajstić information content (AvgIpc) is 3.26. The fraction of sp³-hybridized carbons (Fsp3) is 0.280. The second-order valence-electron chi connectivity index (χ2n) is 8.12. The number of hydrogen-bond donors (Lipinski definition) is 3. The lowest BCUT2D eigenvalue weighted by molar-refractivity contribution is -0.113. The maximum absolute atomic E-state index is 13.6. The van der Waals surface area contributed by atoms with Gasteiger partial charge in [0, 0.05) is 24.4 Å². The summed E-state index contributed by atoms with van der Waals surface area (Å²) in [6.45, 7) is 3.82. The first-order valence-electron chi connectivity index (χ1n) is 11.4. The first-order valence-corrected chi connectivity index (χ1v) is 12.2. The van der Waals surface area contributed by atoms with Crippen molar-refractivity contribution in [2.75, 3.05) is 23.8 Å². The molecule has 0 saturated heterocycles. The van der Waals surface area contributed by atoms with Crippen LogP contribution in [0.5, 0.6) is 0 Å². The fourth-order valence-electron chi connectivity index (χ4n) is 3.93. The molecule has 1 unspecified atom stereocenters. The second kappa shape index (κ2) is 11.1. The van der Waals surface area contributed by atoms with Crippen LogP contribution in [0.4, 0.5) is 11.6 Å². The van der Waals surface area contributed by atoms with Gasteiger partial charge in [0.25, 0.3) is 5.91 Å². The van der Waals surface area contributed by atoms with E-state index in [4.69, 9.17) is 27.9 Å². The Kier molecular flexibility index (Phi) is 7.93. The Morgan fingerprint density at radius 2 is 1.92 bits per heavy atom. The van der Waals surface area contributed by atoms with Gasteiger partial charge in [-0.05, 0) is 62.2 Å². The van der Waals surface area contributed by atoms with E-state index in [2.05, 4.69) is 20.7 Å². The molecule has 0 radical (unpaired) electrons. The van der Waals surface area contributed by atoms with Gasteiger partial charge < -0.3 is 20.5 Å². The number of ether oxygens (including phenoxy) is 1. The Balaban J connectivity index is 1.69. The smallest absolute Gasteiger partial charge is 0.338 e. The van der Waals surface area contributed by atoms with Gasteiger partial charge in [-0.25, -0.2) is 9.48 Å². The first kappa shape index (κ1) is 25.7. The van der Waals surface area contributed by atoms with Crippen LogP contribution in [0.1, 0.15) is 48.1 Å². The SMILES string of the molecule is CCOC(=O)c1ccc(NC(=O)C2=C(C)Nc3nc(CCCO)nn3C2c2ccc(Cl)c(Cl)c2)cc1. The van der Waals surface area contributed by atoms with Crippen molar-refractivity contribution in [3.05, 3.63) is 80.7 Å². The molecule has 36 heavy (non-hydrogen) atoms. The highest BCUT2D eigenvalue weighted by atomic mass is 35.5. The van der Waals surface area contributed by atoms with E-state index >= 15 is 0 Å². The summed E-state index contributed by atoms with van der Waals surface area (Å²) in [6, 6.07) is 11.0. The number of nitrogens with one attached hydrogen (secondary N) is 2. The number of halogens is 2. The molecule has 0 fully saturated rings. The van der Waals surface area contributed by atoms with Crippen LogP contribution in [0.25, 0.3) is 0 Å². The number of allylic oxidation sites excluding steroid dienone is 1. The maximum Gasteiger partial charge on any atom is 0.338 e. The maximum atomic E-state index is 13.6. The zero-order chi connectivity index (χ0) is 25.8. The Morgan fingerprint density at radius 1 is 1.17 bits per heavy atom. The lowest BCUT2D eigenvalue weighted by Crippen LogP contribution is -2.31. The standard InChI is InChI=1S/C25H25Cl2N5O4/c1-3-36-24(35)15-6-9-17(10-7-15)29-23(34)21-14(2)28-25-30-20(5-4-12-33)31-32(25)22(21)16-8-11-18(26)19(27)13-16/h6-11,13,22,33H,3-5,12H2,1-2H3,(H,29,34)(H,28,30,31). The highest BCUT2D eigenvalue weighted by molar-refractivity contribution is 6.42. The zero-order valence-electron chi connectivity index (χ0n) is 19.7. The minimum atomic E-state index is -0.634. The predicted octanol–water partition coefficient (Wildman–Crippen LogP) is 4.61. The minimum absolute atomic E-state index is 0.0212. The van der Waals surface area contributed by atoms with Crippen LogP contribution in [0.2, 0.25) is 10.0 Å². The van der Waals surface area contributed by atoms with Gasteiger partial charge in [-0.1, -0.05) is 29.3 Å². The van der Waals surface area contributed by atoms with Gasteiger partial charge in [0.1, 0.15) is 6.04 Å². The largest absolute Gasteiger partial charge is 0.462 e. The van der Waals surface area contributed by atoms with Crippen molar-refractivity contribution in [3.63, 3.8) is 0 Å². The number of aliphatic hydroxyl groups excluding tert-OH is 1. The number of rotatable bonds is 8. The van der Waals surface area contributed by atoms with Gasteiger partial charge >= 0.3 is 5.97 Å². The van der Waals surface area contributed by atoms with Gasteiger partial charge in [-0.3, -0.25) is 4.79 Å². The molecule has 1 aliphatic heterocycles. The third-order valence-electron chi connectivity index (χ3n) is 5.61. The third-order valence-corrected chi connectivity index (χ3v) is 6.35. The monoisotopic (exact) mass is 529 g/mol. The molecule has 3 aromatic rings. The molecule has 0 spiro atoms. The van der Waals surface area contributed by atoms with E-state index < -0.39 is 12.0 Å². The van der Waals surface area contributed by atoms with Crippen molar-refractivity contribution < 1.29 is 19.4 Å². The molecule has 1 atom stereocenters. The Hall–Kier alpha value is -3.40. The molecule has 3 N–H and O–H groups in total. The molecule has 11 heteroatoms. The number of benzene rings is 2. The lowest BCUT2D eigenvalue weighted by Gasteiger charge is -2.29. The normalized spacial score (nSPS) is 14.8. The van der Waals surface area contributed by atoms with Crippen LogP contribution < -0.4 is 10.6 Å². The number of fused-ring (bicyclic) bond motifs is 1. The Morgan fingerprint density at radius 3 is 2.58 bits per heavy atom. The van der Waals surface area contributed by atoms with Crippen LogP contribution in [-0.4, -0.2) is 45.0 Å². The summed E-state index contributed by atoms with van der Waals surface area (Å²) in [4.78, 5) is 30.0. The summed E-state index contributed by atoms with van der Waals surface area (Å²) in [5, 5.41) is 20.6. The molecule has 1 aliphatic rings. The average molecular weight is 530 g/mol. The molecule has 2 heterocycles. The van der Waals surface area contributed by atoms with Gasteiger partial charge in [0.05, 0.1) is 27.8 Å². The first-order chi connectivity index (χ1) is 17.3. The summed E-state index contributed by atoms with van der Waals surface area (Å²) in [6.07, 6.45) is 1.00. The molecule has 188 valence electrons. The van der Waals surface area contributed by atoms with Crippen molar-refractivity contribution >= 4 is 46.7 Å². The summed E-state index contributed by atoms with van der Waals surface area (Å²) in [5.74, 6) is 0.228. The van der Waals surface area contributed by atoms with Gasteiger partial charge in [-0.2, -0.15) is 10.1 Å². The van der Waals surface area contributed by atoms with Crippen LogP contribution in [-0.2, 0) is 16.0 Å². The highest BCUT2D eigenvalue weighted by Gasteiger charge is 2.34. The van der Waals surface area contributed by atoms with E-state index in [1.807, 2.05) is 0 Å². The number of aromatic nitrogens is 3. The number of hydrogen-bond acceptors (Lipinski definition) is 7. The number of aliphatic hydroxyl groups is 1. The lowest BCUT2D eigenvalue weighted by atomic mass is 9.95. The zero-order valence-corrected chi connectivity index (χ0v) is 21.2. The molecular weight excluding hydrogens is 505 g/mol. The molecule has 0 bridgehead atoms. The summed E-state index contributed by atoms with van der Waals surface area (Å²) < 4.78 is 6.64. The van der Waals surface area contributed by atoms with Gasteiger partial charge in [0.2, 0.25) is 5.95 Å². The highest BCUT2D eigenvalue weighted by Crippen LogP contribution is 2.37. The van der Waals surface area contributed by atoms with Crippen LogP contribution in [0.15, 0.2) is 53.7 Å². The number of anilines is 2. The topological polar surface area (TPSA) is 118 Å². The fourth-order valence-corrected chi connectivity index (χ4v) is 4.23. The quantitative estimate of drug-likeness (QED) is 0.364. The molecule has 1 aromatic heterocycles. The van der Waals surface area contributed by atoms with Crippen molar-refractivity contribution in [1.82, 2.24) is 14.8 Å². The van der Waals surface area contributed by atoms with Crippen molar-refractivity contribution in [2.45, 2.75) is 32.7 Å². The van der Waals surface area contributed by atoms with Crippen molar-refractivity contribution in [2.24, 2.45) is 0 Å². The van der Waals surface area contributed by atoms with Gasteiger partial charge in [-0.15, -0.1) is 0 Å². The molecule has 1 amide bonds. The van der Waals surface area contributed by atoms with E-state index in [1.165, 1.54) is 0 Å². The second-order valence-corrected chi connectivity index (χ2v) is 8.93. The molecule has 2 aromatic carbocycles. The van der Waals surface area contributed by atoms with E-state index in [-0.39, 0.29) is 19.1 Å². The minimum Gasteiger partial charge on any atom is -0.462 e. The molecule has 0 aliphatic carbocycles. The van der Waals surface area contributed by atoms with Crippen LogP contribution in [0.3, 0.4) is 0 Å². The predicted molar refractivity (Wildman–Crippen MR) is 137 cm³/mol. The number of nitrogens with zero attached hydrogens (tertiary/aromatic N) is 3. The Labute approximate surface area is 218 Å². The summed E-state index contributed by atoms with van der Waals surface area (Å²) >= 11 is 12.5. The number of carbonyl (C=O) groups excluding carboxylic acids is 2. The van der Waals surface area contributed by atoms with E-state index in [9.17, 15) is 14.7 Å². The summed E-state index contributed by atoms with van der Waals surface area (Å²) in [5.41, 5.74) is 2.61. The van der Waals surface area contributed by atoms with E-state index in [1.54, 1.807) is 61.0 Å². The molecule has 0 saturated carbocycles. The van der Waals surface area contributed by atoms with Gasteiger partial charge in [0.15, 0.2) is 5.82 Å². The number of carbonyl (C=O) groups is 2. The van der Waals surface area contributed by atoms with Crippen molar-refractivity contribution in [1.29, 1.82) is 0 Å². The van der Waals surface area contributed by atoms with E-state index in [0.717, 1.165) is 0 Å². The van der Waals surface area contributed by atoms with Crippen LogP contribution >= 0.6 is 23.2 Å². The number of amides is 1. The molecule has 4 rings (SSSR count). The number of aryl methyl sites for hydroxylation is 1. The molecule has 9 nitrogen and oxygen atoms in total. The molecular formula is C25H25Cl2N5O4. The number of esters is 1. The Bertz CT molecular complexity index is 1320. The van der Waals surface area contributed by atoms with E-state index in [0.29, 0.717) is 62.7 Å². The summed E-state index contributed by atoms with van der Waals surface area (Å²) in [7, 11) is 0. The van der Waals surface area contributed by atoms with Crippen LogP contribution in [0, 0.1) is 0 Å².